The molecule has 3 atom stereocenters. The average Bonchev–Trinajstić information content (AvgIpc) is 3.70. The number of benzene rings is 3. The molecule has 0 aliphatic carbocycles. The summed E-state index contributed by atoms with van der Waals surface area (Å²) < 4.78 is 41.7. The van der Waals surface area contributed by atoms with E-state index in [1.54, 1.807) is 18.2 Å². The Morgan fingerprint density at radius 3 is 2.45 bits per heavy atom. The van der Waals surface area contributed by atoms with E-state index in [-0.39, 0.29) is 12.2 Å². The molecule has 5 aromatic rings. The van der Waals surface area contributed by atoms with Gasteiger partial charge >= 0.3 is 11.0 Å². The SMILES string of the molecule is O=C(Cn1c2c(sc1=O)C(c1cccs1)C1C(=O)N(c3cccc(C(F)(F)F)c3)C(=O)C1S2)Nc1cccc2ccccc12. The van der Waals surface area contributed by atoms with E-state index in [4.69, 9.17) is 0 Å². The van der Waals surface area contributed by atoms with Gasteiger partial charge in [-0.15, -0.1) is 11.3 Å². The number of hydrogen-bond acceptors (Lipinski definition) is 7. The third-order valence-electron chi connectivity index (χ3n) is 7.70. The van der Waals surface area contributed by atoms with Crippen molar-refractivity contribution in [2.24, 2.45) is 5.92 Å². The molecule has 2 aliphatic heterocycles. The first-order valence-electron chi connectivity index (χ1n) is 13.4. The number of rotatable bonds is 5. The lowest BCUT2D eigenvalue weighted by atomic mass is 9.87. The number of carbonyl (C=O) groups excluding carboxylic acids is 3. The smallest absolute Gasteiger partial charge is 0.324 e. The summed E-state index contributed by atoms with van der Waals surface area (Å²) in [6.07, 6.45) is -4.66. The van der Waals surface area contributed by atoms with Gasteiger partial charge in [-0.05, 0) is 41.1 Å². The van der Waals surface area contributed by atoms with Crippen LogP contribution in [0.25, 0.3) is 10.8 Å². The fraction of sp³-hybridized carbons (Fsp3) is 0.161. The molecule has 7 nitrogen and oxygen atoms in total. The summed E-state index contributed by atoms with van der Waals surface area (Å²) in [6, 6.07) is 20.8. The molecule has 13 heteroatoms. The van der Waals surface area contributed by atoms with E-state index in [1.165, 1.54) is 22.0 Å². The molecular formula is C31H20F3N3O4S3. The van der Waals surface area contributed by atoms with Crippen LogP contribution in [-0.4, -0.2) is 27.5 Å². The maximum atomic E-state index is 13.9. The van der Waals surface area contributed by atoms with Crippen LogP contribution in [0.2, 0.25) is 0 Å². The van der Waals surface area contributed by atoms with Gasteiger partial charge in [-0.25, -0.2) is 4.90 Å². The number of halogens is 3. The number of imide groups is 1. The number of thiazole rings is 1. The first-order chi connectivity index (χ1) is 21.1. The number of aromatic nitrogens is 1. The fourth-order valence-electron chi connectivity index (χ4n) is 5.77. The van der Waals surface area contributed by atoms with Crippen LogP contribution in [0.4, 0.5) is 24.5 Å². The lowest BCUT2D eigenvalue weighted by molar-refractivity contribution is -0.137. The van der Waals surface area contributed by atoms with Gasteiger partial charge in [0.15, 0.2) is 0 Å². The van der Waals surface area contributed by atoms with Crippen molar-refractivity contribution in [3.05, 3.63) is 109 Å². The highest BCUT2D eigenvalue weighted by atomic mass is 32.2. The molecule has 7 rings (SSSR count). The summed E-state index contributed by atoms with van der Waals surface area (Å²) in [5, 5.41) is 5.87. The first kappa shape index (κ1) is 28.6. The lowest BCUT2D eigenvalue weighted by Crippen LogP contribution is -2.32. The number of thiophene rings is 1. The minimum Gasteiger partial charge on any atom is -0.324 e. The van der Waals surface area contributed by atoms with Crippen LogP contribution >= 0.6 is 34.4 Å². The summed E-state index contributed by atoms with van der Waals surface area (Å²) in [5.74, 6) is -3.36. The molecular weight excluding hydrogens is 632 g/mol. The number of nitrogens with zero attached hydrogens (tertiary/aromatic N) is 2. The van der Waals surface area contributed by atoms with Gasteiger partial charge < -0.3 is 5.32 Å². The highest BCUT2D eigenvalue weighted by Gasteiger charge is 2.57. The quantitative estimate of drug-likeness (QED) is 0.217. The molecule has 1 fully saturated rings. The van der Waals surface area contributed by atoms with Gasteiger partial charge in [0.05, 0.1) is 22.2 Å². The number of amides is 3. The maximum absolute atomic E-state index is 13.9. The van der Waals surface area contributed by atoms with E-state index in [0.29, 0.717) is 15.6 Å². The minimum absolute atomic E-state index is 0.162. The Balaban J connectivity index is 1.25. The topological polar surface area (TPSA) is 88.5 Å². The number of alkyl halides is 3. The Kier molecular flexibility index (Phi) is 6.98. The highest BCUT2D eigenvalue weighted by Crippen LogP contribution is 2.54. The van der Waals surface area contributed by atoms with Crippen LogP contribution < -0.4 is 15.1 Å². The average molecular weight is 652 g/mol. The molecule has 0 radical (unpaired) electrons. The largest absolute Gasteiger partial charge is 0.416 e. The Bertz CT molecular complexity index is 2010. The predicted octanol–water partition coefficient (Wildman–Crippen LogP) is 6.58. The minimum atomic E-state index is -4.66. The molecule has 0 bridgehead atoms. The third-order valence-corrected chi connectivity index (χ3v) is 11.3. The van der Waals surface area contributed by atoms with Crippen LogP contribution in [0.15, 0.2) is 94.1 Å². The Hall–Kier alpha value is -4.20. The van der Waals surface area contributed by atoms with Crippen molar-refractivity contribution < 1.29 is 27.6 Å². The van der Waals surface area contributed by atoms with E-state index < -0.39 is 51.4 Å². The second-order valence-electron chi connectivity index (χ2n) is 10.3. The van der Waals surface area contributed by atoms with Crippen molar-refractivity contribution >= 4 is 74.3 Å². The van der Waals surface area contributed by atoms with Crippen molar-refractivity contribution in [3.8, 4) is 0 Å². The zero-order valence-electron chi connectivity index (χ0n) is 22.4. The van der Waals surface area contributed by atoms with E-state index in [1.807, 2.05) is 41.8 Å². The van der Waals surface area contributed by atoms with Crippen molar-refractivity contribution in [3.63, 3.8) is 0 Å². The summed E-state index contributed by atoms with van der Waals surface area (Å²) in [5.41, 5.74) is -0.550. The van der Waals surface area contributed by atoms with Gasteiger partial charge in [-0.2, -0.15) is 13.2 Å². The number of nitrogens with one attached hydrogen (secondary N) is 1. The lowest BCUT2D eigenvalue weighted by Gasteiger charge is -2.29. The Labute approximate surface area is 259 Å². The molecule has 3 amide bonds. The number of carbonyl (C=O) groups is 3. The molecule has 3 aromatic carbocycles. The highest BCUT2D eigenvalue weighted by molar-refractivity contribution is 8.00. The molecule has 1 N–H and O–H groups in total. The summed E-state index contributed by atoms with van der Waals surface area (Å²) >= 11 is 3.28. The van der Waals surface area contributed by atoms with Crippen LogP contribution in [0.5, 0.6) is 0 Å². The fourth-order valence-corrected chi connectivity index (χ4v) is 9.49. The molecule has 3 unspecified atom stereocenters. The number of hydrogen-bond donors (Lipinski definition) is 1. The monoisotopic (exact) mass is 651 g/mol. The van der Waals surface area contributed by atoms with E-state index >= 15 is 0 Å². The van der Waals surface area contributed by atoms with Crippen molar-refractivity contribution in [2.45, 2.75) is 28.9 Å². The molecule has 0 saturated carbocycles. The van der Waals surface area contributed by atoms with Crippen LogP contribution in [-0.2, 0) is 27.1 Å². The van der Waals surface area contributed by atoms with Gasteiger partial charge in [-0.1, -0.05) is 71.6 Å². The normalized spacial score (nSPS) is 19.7. The summed E-state index contributed by atoms with van der Waals surface area (Å²) in [4.78, 5) is 56.0. The summed E-state index contributed by atoms with van der Waals surface area (Å²) in [7, 11) is 0. The van der Waals surface area contributed by atoms with Crippen molar-refractivity contribution in [2.75, 3.05) is 10.2 Å². The molecule has 4 heterocycles. The van der Waals surface area contributed by atoms with Crippen molar-refractivity contribution in [1.29, 1.82) is 0 Å². The Morgan fingerprint density at radius 2 is 1.68 bits per heavy atom. The van der Waals surface area contributed by atoms with Crippen molar-refractivity contribution in [1.82, 2.24) is 4.57 Å². The molecule has 2 aromatic heterocycles. The van der Waals surface area contributed by atoms with Crippen LogP contribution in [0.3, 0.4) is 0 Å². The number of thioether (sulfide) groups is 1. The van der Waals surface area contributed by atoms with Gasteiger partial charge in [0.1, 0.15) is 11.8 Å². The number of anilines is 2. The molecule has 222 valence electrons. The zero-order valence-corrected chi connectivity index (χ0v) is 24.9. The predicted molar refractivity (Wildman–Crippen MR) is 164 cm³/mol. The molecule has 44 heavy (non-hydrogen) atoms. The summed E-state index contributed by atoms with van der Waals surface area (Å²) in [6.45, 7) is -0.324. The second-order valence-corrected chi connectivity index (χ2v) is 13.4. The van der Waals surface area contributed by atoms with Gasteiger partial charge in [0.2, 0.25) is 17.7 Å². The van der Waals surface area contributed by atoms with Crippen LogP contribution in [0.1, 0.15) is 21.2 Å². The third kappa shape index (κ3) is 4.75. The molecule has 0 spiro atoms. The van der Waals surface area contributed by atoms with E-state index in [9.17, 15) is 32.3 Å². The molecule has 1 saturated heterocycles. The van der Waals surface area contributed by atoms with Gasteiger partial charge in [0.25, 0.3) is 0 Å². The van der Waals surface area contributed by atoms with E-state index in [2.05, 4.69) is 5.32 Å². The standard InChI is InChI=1S/C31H20F3N3O4S3/c32-31(33,34)17-8-4-9-18(14-17)37-27(39)24-23(21-12-5-13-42-21)26-29(43-25(24)28(37)40)36(30(41)44-26)15-22(38)35-20-11-3-7-16-6-1-2-10-19(16)20/h1-14,23-25H,15H2,(H,35,38). The van der Waals surface area contributed by atoms with Gasteiger partial charge in [0, 0.05) is 26.7 Å². The first-order valence-corrected chi connectivity index (χ1v) is 16.0. The second kappa shape index (κ2) is 10.8. The zero-order chi connectivity index (χ0) is 30.7. The molecule has 2 aliphatic rings. The number of fused-ring (bicyclic) bond motifs is 3. The maximum Gasteiger partial charge on any atom is 0.416 e. The van der Waals surface area contributed by atoms with E-state index in [0.717, 1.165) is 61.8 Å². The van der Waals surface area contributed by atoms with Gasteiger partial charge in [-0.3, -0.25) is 23.7 Å². The van der Waals surface area contributed by atoms with Crippen LogP contribution in [0, 0.1) is 5.92 Å². The Morgan fingerprint density at radius 1 is 0.909 bits per heavy atom.